The molecule has 0 bridgehead atoms. The van der Waals surface area contributed by atoms with Gasteiger partial charge in [0, 0.05) is 5.56 Å². The van der Waals surface area contributed by atoms with Gasteiger partial charge in [0.2, 0.25) is 0 Å². The Hall–Kier alpha value is -1.49. The number of aliphatic hydroxyl groups is 1. The lowest BCUT2D eigenvalue weighted by Gasteiger charge is -2.05. The highest BCUT2D eigenvalue weighted by atomic mass is 35.5. The first-order valence-electron chi connectivity index (χ1n) is 4.83. The molecule has 1 rings (SSSR count). The Balaban J connectivity index is 3.01. The number of carboxylic acids is 1. The third kappa shape index (κ3) is 3.99. The van der Waals surface area contributed by atoms with Crippen molar-refractivity contribution in [2.24, 2.45) is 0 Å². The molecule has 1 aromatic carbocycles. The normalized spacial score (nSPS) is 11.8. The fraction of sp³-hybridized carbons (Fsp3) is 0. The predicted octanol–water partition coefficient (Wildman–Crippen LogP) is 3.76. The summed E-state index contributed by atoms with van der Waals surface area (Å²) in [5.74, 6) is -2.97. The number of hydrogen-bond acceptors (Lipinski definition) is 3. The van der Waals surface area contributed by atoms with Crippen molar-refractivity contribution in [2.75, 3.05) is 0 Å². The van der Waals surface area contributed by atoms with E-state index in [0.717, 1.165) is 18.2 Å². The molecule has 2 N–H and O–H groups in total. The van der Waals surface area contributed by atoms with Gasteiger partial charge in [-0.05, 0) is 24.3 Å². The minimum absolute atomic E-state index is 0.0564. The first-order chi connectivity index (χ1) is 8.84. The standard InChI is InChI=1S/C12H7Cl3O4/c13-7-5-4-6(10(14)11(7)15)8(16)2-1-3-9(17)12(18)19/h1-5,16H,(H,18,19)/b3-1+,8-2-. The molecule has 19 heavy (non-hydrogen) atoms. The molecule has 0 radical (unpaired) electrons. The van der Waals surface area contributed by atoms with E-state index < -0.39 is 11.8 Å². The molecule has 0 saturated carbocycles. The summed E-state index contributed by atoms with van der Waals surface area (Å²) in [5, 5.41) is 18.5. The lowest BCUT2D eigenvalue weighted by Crippen LogP contribution is -2.08. The van der Waals surface area contributed by atoms with Gasteiger partial charge in [0.15, 0.2) is 0 Å². The van der Waals surface area contributed by atoms with Crippen molar-refractivity contribution in [3.8, 4) is 0 Å². The molecule has 0 spiro atoms. The first-order valence-corrected chi connectivity index (χ1v) is 5.96. The molecular weight excluding hydrogens is 314 g/mol. The number of aliphatic carboxylic acids is 1. The van der Waals surface area contributed by atoms with Crippen molar-refractivity contribution in [1.29, 1.82) is 0 Å². The molecular formula is C12H7Cl3O4. The van der Waals surface area contributed by atoms with Gasteiger partial charge < -0.3 is 10.2 Å². The lowest BCUT2D eigenvalue weighted by atomic mass is 10.1. The van der Waals surface area contributed by atoms with E-state index in [2.05, 4.69) is 0 Å². The van der Waals surface area contributed by atoms with E-state index >= 15 is 0 Å². The summed E-state index contributed by atoms with van der Waals surface area (Å²) in [6.07, 6.45) is 3.00. The molecule has 4 nitrogen and oxygen atoms in total. The van der Waals surface area contributed by atoms with Crippen LogP contribution in [0, 0.1) is 0 Å². The van der Waals surface area contributed by atoms with Crippen LogP contribution in [0.1, 0.15) is 5.56 Å². The van der Waals surface area contributed by atoms with E-state index in [1.807, 2.05) is 0 Å². The summed E-state index contributed by atoms with van der Waals surface area (Å²) >= 11 is 17.4. The Morgan fingerprint density at radius 3 is 2.26 bits per heavy atom. The molecule has 0 aliphatic heterocycles. The van der Waals surface area contributed by atoms with E-state index in [-0.39, 0.29) is 26.4 Å². The third-order valence-electron chi connectivity index (χ3n) is 2.02. The second-order valence-electron chi connectivity index (χ2n) is 3.30. The molecule has 1 aromatic rings. The Labute approximate surface area is 123 Å². The number of benzene rings is 1. The molecule has 0 heterocycles. The van der Waals surface area contributed by atoms with Crippen LogP contribution < -0.4 is 0 Å². The number of halogens is 3. The minimum atomic E-state index is -1.59. The van der Waals surface area contributed by atoms with Crippen LogP contribution in [0.15, 0.2) is 30.4 Å². The number of ketones is 1. The number of allylic oxidation sites excluding steroid dienone is 2. The van der Waals surface area contributed by atoms with Crippen molar-refractivity contribution in [3.63, 3.8) is 0 Å². The van der Waals surface area contributed by atoms with Crippen LogP contribution in [0.3, 0.4) is 0 Å². The molecule has 0 fully saturated rings. The zero-order valence-corrected chi connectivity index (χ0v) is 11.5. The average molecular weight is 322 g/mol. The lowest BCUT2D eigenvalue weighted by molar-refractivity contribution is -0.146. The minimum Gasteiger partial charge on any atom is -0.507 e. The molecule has 0 atom stereocenters. The smallest absolute Gasteiger partial charge is 0.376 e. The van der Waals surface area contributed by atoms with Crippen LogP contribution in [0.5, 0.6) is 0 Å². The van der Waals surface area contributed by atoms with Crippen LogP contribution in [0.25, 0.3) is 5.76 Å². The van der Waals surface area contributed by atoms with Gasteiger partial charge in [-0.2, -0.15) is 0 Å². The van der Waals surface area contributed by atoms with Gasteiger partial charge in [-0.15, -0.1) is 0 Å². The van der Waals surface area contributed by atoms with E-state index in [4.69, 9.17) is 39.9 Å². The van der Waals surface area contributed by atoms with Crippen molar-refractivity contribution < 1.29 is 19.8 Å². The van der Waals surface area contributed by atoms with Crippen LogP contribution in [0.4, 0.5) is 0 Å². The largest absolute Gasteiger partial charge is 0.507 e. The number of carbonyl (C=O) groups excluding carboxylic acids is 1. The van der Waals surface area contributed by atoms with Crippen LogP contribution in [0.2, 0.25) is 15.1 Å². The van der Waals surface area contributed by atoms with Crippen molar-refractivity contribution in [2.45, 2.75) is 0 Å². The van der Waals surface area contributed by atoms with E-state index in [0.29, 0.717) is 0 Å². The molecule has 0 aliphatic rings. The Kier molecular flexibility index (Phi) is 5.42. The monoisotopic (exact) mass is 320 g/mol. The fourth-order valence-corrected chi connectivity index (χ4v) is 1.74. The first kappa shape index (κ1) is 15.6. The van der Waals surface area contributed by atoms with Gasteiger partial charge in [0.25, 0.3) is 5.78 Å². The third-order valence-corrected chi connectivity index (χ3v) is 3.32. The van der Waals surface area contributed by atoms with E-state index in [1.165, 1.54) is 12.1 Å². The number of carboxylic acid groups (broad SMARTS) is 1. The maximum Gasteiger partial charge on any atom is 0.376 e. The summed E-state index contributed by atoms with van der Waals surface area (Å²) in [4.78, 5) is 21.0. The maximum atomic E-state index is 10.8. The number of hydrogen-bond donors (Lipinski definition) is 2. The number of aliphatic hydroxyl groups excluding tert-OH is 1. The van der Waals surface area contributed by atoms with Crippen LogP contribution in [-0.2, 0) is 9.59 Å². The second kappa shape index (κ2) is 6.61. The number of carbonyl (C=O) groups is 2. The van der Waals surface area contributed by atoms with Crippen molar-refractivity contribution in [1.82, 2.24) is 0 Å². The molecule has 0 amide bonds. The topological polar surface area (TPSA) is 74.6 Å². The van der Waals surface area contributed by atoms with Crippen LogP contribution in [-0.4, -0.2) is 22.0 Å². The molecule has 100 valence electrons. The van der Waals surface area contributed by atoms with Gasteiger partial charge in [-0.25, -0.2) is 4.79 Å². The van der Waals surface area contributed by atoms with Gasteiger partial charge >= 0.3 is 5.97 Å². The summed E-state index contributed by atoms with van der Waals surface area (Å²) in [6.45, 7) is 0. The maximum absolute atomic E-state index is 10.8. The SMILES string of the molecule is O=C(O)C(=O)/C=C/C=C(\O)c1ccc(Cl)c(Cl)c1Cl. The average Bonchev–Trinajstić information content (AvgIpc) is 2.35. The Bertz CT molecular complexity index is 591. The summed E-state index contributed by atoms with van der Waals surface area (Å²) in [7, 11) is 0. The van der Waals surface area contributed by atoms with Crippen LogP contribution >= 0.6 is 34.8 Å². The van der Waals surface area contributed by atoms with Crippen molar-refractivity contribution in [3.05, 3.63) is 51.0 Å². The number of rotatable bonds is 4. The zero-order valence-electron chi connectivity index (χ0n) is 9.23. The second-order valence-corrected chi connectivity index (χ2v) is 4.47. The molecule has 0 saturated heterocycles. The quantitative estimate of drug-likeness (QED) is 0.291. The summed E-state index contributed by atoms with van der Waals surface area (Å²) in [5.41, 5.74) is 0.212. The van der Waals surface area contributed by atoms with Gasteiger partial charge in [0.1, 0.15) is 5.76 Å². The molecule has 7 heteroatoms. The summed E-state index contributed by atoms with van der Waals surface area (Å²) in [6, 6.07) is 2.89. The highest BCUT2D eigenvalue weighted by Crippen LogP contribution is 2.35. The Morgan fingerprint density at radius 1 is 1.05 bits per heavy atom. The Morgan fingerprint density at radius 2 is 1.68 bits per heavy atom. The van der Waals surface area contributed by atoms with Crippen molar-refractivity contribution >= 4 is 52.3 Å². The summed E-state index contributed by atoms with van der Waals surface area (Å²) < 4.78 is 0. The highest BCUT2D eigenvalue weighted by molar-refractivity contribution is 6.48. The molecule has 0 aliphatic carbocycles. The highest BCUT2D eigenvalue weighted by Gasteiger charge is 2.11. The van der Waals surface area contributed by atoms with Gasteiger partial charge in [0.05, 0.1) is 15.1 Å². The molecule has 0 unspecified atom stereocenters. The zero-order chi connectivity index (χ0) is 14.6. The fourth-order valence-electron chi connectivity index (χ4n) is 1.11. The molecule has 0 aromatic heterocycles. The van der Waals surface area contributed by atoms with E-state index in [1.54, 1.807) is 0 Å². The van der Waals surface area contributed by atoms with Gasteiger partial charge in [-0.1, -0.05) is 40.9 Å². The van der Waals surface area contributed by atoms with Gasteiger partial charge in [-0.3, -0.25) is 4.79 Å². The predicted molar refractivity (Wildman–Crippen MR) is 73.9 cm³/mol. The van der Waals surface area contributed by atoms with E-state index in [9.17, 15) is 14.7 Å².